The van der Waals surface area contributed by atoms with Crippen molar-refractivity contribution in [2.45, 2.75) is 43.2 Å². The van der Waals surface area contributed by atoms with E-state index >= 15 is 0 Å². The predicted molar refractivity (Wildman–Crippen MR) is 91.1 cm³/mol. The molecule has 1 aromatic heterocycles. The maximum atomic E-state index is 4.28. The van der Waals surface area contributed by atoms with E-state index in [4.69, 9.17) is 0 Å². The molecule has 1 aromatic carbocycles. The van der Waals surface area contributed by atoms with Crippen molar-refractivity contribution in [2.24, 2.45) is 0 Å². The number of benzene rings is 1. The largest absolute Gasteiger partial charge is 0.300 e. The van der Waals surface area contributed by atoms with E-state index in [2.05, 4.69) is 52.2 Å². The van der Waals surface area contributed by atoms with E-state index in [1.54, 1.807) is 6.33 Å². The number of piperidine rings is 1. The van der Waals surface area contributed by atoms with Gasteiger partial charge in [0.05, 0.1) is 6.04 Å². The minimum atomic E-state index is 0.532. The predicted octanol–water partition coefficient (Wildman–Crippen LogP) is 3.49. The zero-order chi connectivity index (χ0) is 15.2. The van der Waals surface area contributed by atoms with Gasteiger partial charge in [0.25, 0.3) is 0 Å². The fourth-order valence-corrected chi connectivity index (χ4v) is 4.09. The first-order valence-electron chi connectivity index (χ1n) is 8.09. The standard InChI is InChI=1S/C17H24N4S/c1-15(9-12-22-17-5-3-2-4-6-17)20-10-7-16(8-11-20)21-14-18-13-19-21/h2-6,13-16H,7-12H2,1H3/t15-/m1/s1. The molecule has 0 bridgehead atoms. The number of nitrogens with zero attached hydrogens (tertiary/aromatic N) is 4. The Bertz CT molecular complexity index is 535. The van der Waals surface area contributed by atoms with E-state index in [9.17, 15) is 0 Å². The number of thioether (sulfide) groups is 1. The first kappa shape index (κ1) is 15.6. The molecule has 1 atom stereocenters. The maximum Gasteiger partial charge on any atom is 0.137 e. The molecule has 0 aliphatic carbocycles. The van der Waals surface area contributed by atoms with Crippen LogP contribution in [0, 0.1) is 0 Å². The molecule has 22 heavy (non-hydrogen) atoms. The van der Waals surface area contributed by atoms with Gasteiger partial charge in [-0.1, -0.05) is 18.2 Å². The topological polar surface area (TPSA) is 34.0 Å². The second-order valence-electron chi connectivity index (χ2n) is 5.94. The summed E-state index contributed by atoms with van der Waals surface area (Å²) in [6.07, 6.45) is 7.09. The molecule has 0 saturated carbocycles. The fraction of sp³-hybridized carbons (Fsp3) is 0.529. The van der Waals surface area contributed by atoms with Crippen LogP contribution in [0.15, 0.2) is 47.9 Å². The average Bonchev–Trinajstić information content (AvgIpc) is 3.10. The Hall–Kier alpha value is -1.33. The third-order valence-corrected chi connectivity index (χ3v) is 5.53. The second-order valence-corrected chi connectivity index (χ2v) is 7.11. The monoisotopic (exact) mass is 316 g/mol. The SMILES string of the molecule is C[C@H](CCSc1ccccc1)N1CCC(n2cncn2)CC1. The Labute approximate surface area is 136 Å². The maximum absolute atomic E-state index is 4.28. The Morgan fingerprint density at radius 1 is 1.23 bits per heavy atom. The molecule has 1 aliphatic rings. The van der Waals surface area contributed by atoms with Crippen LogP contribution in [0.3, 0.4) is 0 Å². The molecule has 4 nitrogen and oxygen atoms in total. The summed E-state index contributed by atoms with van der Waals surface area (Å²) in [5.41, 5.74) is 0. The van der Waals surface area contributed by atoms with Gasteiger partial charge in [-0.2, -0.15) is 5.10 Å². The minimum absolute atomic E-state index is 0.532. The van der Waals surface area contributed by atoms with Gasteiger partial charge in [0.1, 0.15) is 12.7 Å². The van der Waals surface area contributed by atoms with Crippen LogP contribution in [0.25, 0.3) is 0 Å². The first-order valence-corrected chi connectivity index (χ1v) is 9.07. The van der Waals surface area contributed by atoms with Gasteiger partial charge in [-0.25, -0.2) is 9.67 Å². The Morgan fingerprint density at radius 2 is 2.00 bits per heavy atom. The highest BCUT2D eigenvalue weighted by molar-refractivity contribution is 7.99. The summed E-state index contributed by atoms with van der Waals surface area (Å²) in [4.78, 5) is 8.05. The van der Waals surface area contributed by atoms with E-state index in [0.717, 1.165) is 0 Å². The van der Waals surface area contributed by atoms with Gasteiger partial charge < -0.3 is 4.90 Å². The molecule has 118 valence electrons. The van der Waals surface area contributed by atoms with Crippen molar-refractivity contribution in [3.8, 4) is 0 Å². The van der Waals surface area contributed by atoms with E-state index < -0.39 is 0 Å². The second kappa shape index (κ2) is 7.79. The summed E-state index contributed by atoms with van der Waals surface area (Å²) in [5, 5.41) is 4.28. The number of likely N-dealkylation sites (tertiary alicyclic amines) is 1. The van der Waals surface area contributed by atoms with Crippen molar-refractivity contribution in [1.29, 1.82) is 0 Å². The molecular weight excluding hydrogens is 292 g/mol. The summed E-state index contributed by atoms with van der Waals surface area (Å²) in [6.45, 7) is 4.70. The van der Waals surface area contributed by atoms with Crippen LogP contribution < -0.4 is 0 Å². The molecular formula is C17H24N4S. The Morgan fingerprint density at radius 3 is 2.68 bits per heavy atom. The van der Waals surface area contributed by atoms with Crippen LogP contribution in [-0.4, -0.2) is 44.5 Å². The summed E-state index contributed by atoms with van der Waals surface area (Å²) in [6, 6.07) is 11.9. The molecule has 1 aliphatic heterocycles. The van der Waals surface area contributed by atoms with Crippen LogP contribution >= 0.6 is 11.8 Å². The van der Waals surface area contributed by atoms with E-state index in [0.29, 0.717) is 12.1 Å². The van der Waals surface area contributed by atoms with Crippen molar-refractivity contribution < 1.29 is 0 Å². The molecule has 3 rings (SSSR count). The number of aromatic nitrogens is 3. The molecule has 0 unspecified atom stereocenters. The highest BCUT2D eigenvalue weighted by Crippen LogP contribution is 2.25. The smallest absolute Gasteiger partial charge is 0.137 e. The van der Waals surface area contributed by atoms with Crippen molar-refractivity contribution in [3.63, 3.8) is 0 Å². The molecule has 5 heteroatoms. The lowest BCUT2D eigenvalue weighted by Crippen LogP contribution is -2.40. The number of hydrogen-bond acceptors (Lipinski definition) is 4. The van der Waals surface area contributed by atoms with Gasteiger partial charge in [-0.05, 0) is 44.1 Å². The lowest BCUT2D eigenvalue weighted by atomic mass is 10.0. The number of hydrogen-bond donors (Lipinski definition) is 0. The van der Waals surface area contributed by atoms with Gasteiger partial charge in [-0.3, -0.25) is 0 Å². The summed E-state index contributed by atoms with van der Waals surface area (Å²) < 4.78 is 2.02. The molecule has 0 N–H and O–H groups in total. The van der Waals surface area contributed by atoms with Crippen LogP contribution in [0.1, 0.15) is 32.2 Å². The summed E-state index contributed by atoms with van der Waals surface area (Å²) in [5.74, 6) is 1.19. The van der Waals surface area contributed by atoms with Crippen LogP contribution in [-0.2, 0) is 0 Å². The number of rotatable bonds is 6. The van der Waals surface area contributed by atoms with Crippen molar-refractivity contribution in [3.05, 3.63) is 43.0 Å². The molecule has 2 heterocycles. The first-order chi connectivity index (χ1) is 10.8. The van der Waals surface area contributed by atoms with Crippen molar-refractivity contribution in [1.82, 2.24) is 19.7 Å². The normalized spacial score (nSPS) is 18.4. The Balaban J connectivity index is 1.39. The third kappa shape index (κ3) is 4.11. The van der Waals surface area contributed by atoms with E-state index in [1.165, 1.54) is 43.0 Å². The van der Waals surface area contributed by atoms with E-state index in [-0.39, 0.29) is 0 Å². The van der Waals surface area contributed by atoms with Crippen molar-refractivity contribution >= 4 is 11.8 Å². The average molecular weight is 316 g/mol. The third-order valence-electron chi connectivity index (χ3n) is 4.48. The summed E-state index contributed by atoms with van der Waals surface area (Å²) >= 11 is 1.96. The van der Waals surface area contributed by atoms with Crippen LogP contribution in [0.2, 0.25) is 0 Å². The van der Waals surface area contributed by atoms with Gasteiger partial charge >= 0.3 is 0 Å². The highest BCUT2D eigenvalue weighted by Gasteiger charge is 2.23. The van der Waals surface area contributed by atoms with Gasteiger partial charge in [0.15, 0.2) is 0 Å². The van der Waals surface area contributed by atoms with Crippen LogP contribution in [0.4, 0.5) is 0 Å². The van der Waals surface area contributed by atoms with Gasteiger partial charge in [0.2, 0.25) is 0 Å². The molecule has 0 radical (unpaired) electrons. The minimum Gasteiger partial charge on any atom is -0.300 e. The quantitative estimate of drug-likeness (QED) is 0.764. The molecule has 0 spiro atoms. The molecule has 1 saturated heterocycles. The van der Waals surface area contributed by atoms with Crippen LogP contribution in [0.5, 0.6) is 0 Å². The van der Waals surface area contributed by atoms with Crippen molar-refractivity contribution in [2.75, 3.05) is 18.8 Å². The highest BCUT2D eigenvalue weighted by atomic mass is 32.2. The zero-order valence-corrected chi connectivity index (χ0v) is 14.0. The van der Waals surface area contributed by atoms with E-state index in [1.807, 2.05) is 22.8 Å². The lowest BCUT2D eigenvalue weighted by Gasteiger charge is -2.36. The fourth-order valence-electron chi connectivity index (χ4n) is 3.04. The lowest BCUT2D eigenvalue weighted by molar-refractivity contribution is 0.136. The Kier molecular flexibility index (Phi) is 5.51. The van der Waals surface area contributed by atoms with Gasteiger partial charge in [-0.15, -0.1) is 11.8 Å². The zero-order valence-electron chi connectivity index (χ0n) is 13.1. The van der Waals surface area contributed by atoms with Gasteiger partial charge in [0, 0.05) is 24.0 Å². The summed E-state index contributed by atoms with van der Waals surface area (Å²) in [7, 11) is 0. The molecule has 0 amide bonds. The molecule has 1 fully saturated rings. The molecule has 2 aromatic rings.